The van der Waals surface area contributed by atoms with E-state index in [1.54, 1.807) is 42.5 Å². The van der Waals surface area contributed by atoms with Crippen LogP contribution in [-0.2, 0) is 14.8 Å². The summed E-state index contributed by atoms with van der Waals surface area (Å²) in [6.45, 7) is 3.69. The minimum Gasteiger partial charge on any atom is -0.372 e. The summed E-state index contributed by atoms with van der Waals surface area (Å²) in [4.78, 5) is 15.5. The van der Waals surface area contributed by atoms with Gasteiger partial charge in [-0.1, -0.05) is 41.9 Å². The summed E-state index contributed by atoms with van der Waals surface area (Å²) in [7, 11) is -3.96. The van der Waals surface area contributed by atoms with Crippen molar-refractivity contribution in [2.24, 2.45) is 0 Å². The molecule has 0 aromatic heterocycles. The Bertz CT molecular complexity index is 1230. The molecule has 0 spiro atoms. The van der Waals surface area contributed by atoms with E-state index in [4.69, 9.17) is 11.6 Å². The Morgan fingerprint density at radius 3 is 2.20 bits per heavy atom. The Kier molecular flexibility index (Phi) is 7.98. The molecule has 4 rings (SSSR count). The van der Waals surface area contributed by atoms with Crippen LogP contribution in [0.5, 0.6) is 0 Å². The van der Waals surface area contributed by atoms with Crippen molar-refractivity contribution in [1.82, 2.24) is 5.32 Å². The quantitative estimate of drug-likeness (QED) is 0.439. The van der Waals surface area contributed by atoms with Crippen LogP contribution in [0.4, 0.5) is 11.4 Å². The SMILES string of the molecule is CC(NC(=O)CN(c1ccc(Cl)cc1)S(=O)(=O)c1ccccc1)c1ccc(N2CCCCC2)cc1. The van der Waals surface area contributed by atoms with Crippen molar-refractivity contribution in [3.8, 4) is 0 Å². The largest absolute Gasteiger partial charge is 0.372 e. The van der Waals surface area contributed by atoms with Gasteiger partial charge in [-0.05, 0) is 80.3 Å². The summed E-state index contributed by atoms with van der Waals surface area (Å²) in [6.07, 6.45) is 3.71. The van der Waals surface area contributed by atoms with Crippen molar-refractivity contribution >= 4 is 38.9 Å². The molecule has 184 valence electrons. The van der Waals surface area contributed by atoms with Gasteiger partial charge in [-0.3, -0.25) is 9.10 Å². The highest BCUT2D eigenvalue weighted by molar-refractivity contribution is 7.92. The van der Waals surface area contributed by atoms with E-state index in [1.807, 2.05) is 19.1 Å². The van der Waals surface area contributed by atoms with Crippen LogP contribution in [0.15, 0.2) is 83.8 Å². The monoisotopic (exact) mass is 511 g/mol. The molecule has 1 unspecified atom stereocenters. The molecule has 1 aliphatic heterocycles. The molecule has 1 fully saturated rings. The van der Waals surface area contributed by atoms with E-state index >= 15 is 0 Å². The fourth-order valence-corrected chi connectivity index (χ4v) is 5.84. The minimum atomic E-state index is -3.96. The number of nitrogens with zero attached hydrogens (tertiary/aromatic N) is 2. The first-order valence-corrected chi connectivity index (χ1v) is 13.6. The zero-order valence-electron chi connectivity index (χ0n) is 19.7. The van der Waals surface area contributed by atoms with E-state index in [2.05, 4.69) is 22.3 Å². The number of halogens is 1. The zero-order chi connectivity index (χ0) is 24.8. The van der Waals surface area contributed by atoms with Crippen LogP contribution >= 0.6 is 11.6 Å². The Morgan fingerprint density at radius 2 is 1.57 bits per heavy atom. The standard InChI is InChI=1S/C27H30ClN3O3S/c1-21(22-10-14-24(15-11-22)30-18-6-3-7-19-30)29-27(32)20-31(25-16-12-23(28)13-17-25)35(33,34)26-8-4-2-5-9-26/h2,4-5,8-17,21H,3,6-7,18-20H2,1H3,(H,29,32). The third-order valence-electron chi connectivity index (χ3n) is 6.22. The van der Waals surface area contributed by atoms with E-state index in [-0.39, 0.29) is 17.5 Å². The number of hydrogen-bond acceptors (Lipinski definition) is 4. The maximum atomic E-state index is 13.4. The van der Waals surface area contributed by atoms with Gasteiger partial charge in [-0.15, -0.1) is 0 Å². The Hall–Kier alpha value is -3.03. The van der Waals surface area contributed by atoms with Gasteiger partial charge in [-0.25, -0.2) is 8.42 Å². The van der Waals surface area contributed by atoms with E-state index in [1.165, 1.54) is 37.1 Å². The Balaban J connectivity index is 1.49. The van der Waals surface area contributed by atoms with Crippen LogP contribution in [-0.4, -0.2) is 34.0 Å². The molecular weight excluding hydrogens is 482 g/mol. The molecule has 1 N–H and O–H groups in total. The fourth-order valence-electron chi connectivity index (χ4n) is 4.27. The number of hydrogen-bond donors (Lipinski definition) is 1. The molecule has 1 saturated heterocycles. The number of carbonyl (C=O) groups excluding carboxylic acids is 1. The number of benzene rings is 3. The highest BCUT2D eigenvalue weighted by atomic mass is 35.5. The number of anilines is 2. The number of carbonyl (C=O) groups is 1. The van der Waals surface area contributed by atoms with E-state index in [0.717, 1.165) is 23.0 Å². The Labute approximate surface area is 212 Å². The van der Waals surface area contributed by atoms with Gasteiger partial charge in [-0.2, -0.15) is 0 Å². The van der Waals surface area contributed by atoms with Gasteiger partial charge in [0.25, 0.3) is 10.0 Å². The molecule has 35 heavy (non-hydrogen) atoms. The second kappa shape index (κ2) is 11.1. The summed E-state index contributed by atoms with van der Waals surface area (Å²) in [5, 5.41) is 3.43. The third-order valence-corrected chi connectivity index (χ3v) is 8.26. The van der Waals surface area contributed by atoms with Gasteiger partial charge in [0, 0.05) is 23.8 Å². The second-order valence-corrected chi connectivity index (χ2v) is 11.0. The van der Waals surface area contributed by atoms with Crippen LogP contribution in [0.25, 0.3) is 0 Å². The second-order valence-electron chi connectivity index (χ2n) is 8.73. The average Bonchev–Trinajstić information content (AvgIpc) is 2.89. The first-order chi connectivity index (χ1) is 16.8. The highest BCUT2D eigenvalue weighted by Gasteiger charge is 2.27. The van der Waals surface area contributed by atoms with Crippen LogP contribution in [0.2, 0.25) is 5.02 Å². The van der Waals surface area contributed by atoms with Gasteiger partial charge in [0.15, 0.2) is 0 Å². The van der Waals surface area contributed by atoms with Crippen LogP contribution in [0, 0.1) is 0 Å². The minimum absolute atomic E-state index is 0.115. The molecule has 0 radical (unpaired) electrons. The predicted octanol–water partition coefficient (Wildman–Crippen LogP) is 5.40. The molecule has 0 bridgehead atoms. The van der Waals surface area contributed by atoms with Crippen molar-refractivity contribution in [2.75, 3.05) is 28.8 Å². The van der Waals surface area contributed by atoms with E-state index in [0.29, 0.717) is 10.7 Å². The molecule has 6 nitrogen and oxygen atoms in total. The molecule has 1 aliphatic rings. The normalized spacial score (nSPS) is 14.9. The Morgan fingerprint density at radius 1 is 0.943 bits per heavy atom. The van der Waals surface area contributed by atoms with Crippen molar-refractivity contribution in [1.29, 1.82) is 0 Å². The van der Waals surface area contributed by atoms with Crippen LogP contribution < -0.4 is 14.5 Å². The lowest BCUT2D eigenvalue weighted by atomic mass is 10.1. The van der Waals surface area contributed by atoms with Crippen molar-refractivity contribution < 1.29 is 13.2 Å². The van der Waals surface area contributed by atoms with E-state index in [9.17, 15) is 13.2 Å². The fraction of sp³-hybridized carbons (Fsp3) is 0.296. The predicted molar refractivity (Wildman–Crippen MR) is 141 cm³/mol. The summed E-state index contributed by atoms with van der Waals surface area (Å²) in [5.41, 5.74) is 2.52. The summed E-state index contributed by atoms with van der Waals surface area (Å²) >= 11 is 6.00. The molecular formula is C27H30ClN3O3S. The summed E-state index contributed by atoms with van der Waals surface area (Å²) in [5.74, 6) is -0.396. The van der Waals surface area contributed by atoms with Gasteiger partial charge in [0.05, 0.1) is 16.6 Å². The van der Waals surface area contributed by atoms with Crippen molar-refractivity contribution in [3.63, 3.8) is 0 Å². The van der Waals surface area contributed by atoms with Gasteiger partial charge >= 0.3 is 0 Å². The number of piperidine rings is 1. The lowest BCUT2D eigenvalue weighted by Crippen LogP contribution is -2.41. The molecule has 1 heterocycles. The summed E-state index contributed by atoms with van der Waals surface area (Å²) < 4.78 is 27.9. The van der Waals surface area contributed by atoms with Gasteiger partial charge < -0.3 is 10.2 Å². The van der Waals surface area contributed by atoms with Crippen molar-refractivity contribution in [3.05, 3.63) is 89.4 Å². The maximum Gasteiger partial charge on any atom is 0.264 e. The number of rotatable bonds is 8. The first-order valence-electron chi connectivity index (χ1n) is 11.8. The molecule has 0 aliphatic carbocycles. The van der Waals surface area contributed by atoms with Crippen LogP contribution in [0.1, 0.15) is 37.8 Å². The molecule has 0 saturated carbocycles. The van der Waals surface area contributed by atoms with Gasteiger partial charge in [0.2, 0.25) is 5.91 Å². The molecule has 3 aromatic carbocycles. The first kappa shape index (κ1) is 25.1. The smallest absolute Gasteiger partial charge is 0.264 e. The molecule has 3 aromatic rings. The highest BCUT2D eigenvalue weighted by Crippen LogP contribution is 2.26. The number of sulfonamides is 1. The topological polar surface area (TPSA) is 69.7 Å². The third kappa shape index (κ3) is 6.16. The lowest BCUT2D eigenvalue weighted by molar-refractivity contribution is -0.120. The van der Waals surface area contributed by atoms with E-state index < -0.39 is 15.9 Å². The van der Waals surface area contributed by atoms with Crippen molar-refractivity contribution in [2.45, 2.75) is 37.1 Å². The lowest BCUT2D eigenvalue weighted by Gasteiger charge is -2.29. The molecule has 1 atom stereocenters. The van der Waals surface area contributed by atoms with Crippen LogP contribution in [0.3, 0.4) is 0 Å². The molecule has 1 amide bonds. The summed E-state index contributed by atoms with van der Waals surface area (Å²) in [6, 6.07) is 22.4. The average molecular weight is 512 g/mol. The number of nitrogens with one attached hydrogen (secondary N) is 1. The zero-order valence-corrected chi connectivity index (χ0v) is 21.3. The number of amides is 1. The van der Waals surface area contributed by atoms with Gasteiger partial charge in [0.1, 0.15) is 6.54 Å². The molecule has 8 heteroatoms. The maximum absolute atomic E-state index is 13.4.